The van der Waals surface area contributed by atoms with Crippen molar-refractivity contribution in [2.24, 2.45) is 11.1 Å². The first-order valence-corrected chi connectivity index (χ1v) is 6.72. The number of methoxy groups -OCH3 is 1. The van der Waals surface area contributed by atoms with Crippen molar-refractivity contribution in [3.63, 3.8) is 0 Å². The molecule has 96 valence electrons. The highest BCUT2D eigenvalue weighted by Gasteiger charge is 2.16. The summed E-state index contributed by atoms with van der Waals surface area (Å²) in [5.74, 6) is 0.862. The van der Waals surface area contributed by atoms with Gasteiger partial charge in [-0.2, -0.15) is 0 Å². The van der Waals surface area contributed by atoms with Crippen LogP contribution in [0, 0.1) is 5.41 Å². The molecule has 0 aromatic heterocycles. The van der Waals surface area contributed by atoms with Crippen LogP contribution >= 0.6 is 15.9 Å². The highest BCUT2D eigenvalue weighted by Crippen LogP contribution is 2.32. The molecule has 2 nitrogen and oxygen atoms in total. The fourth-order valence-corrected chi connectivity index (χ4v) is 2.08. The van der Waals surface area contributed by atoms with E-state index in [1.165, 1.54) is 0 Å². The molecule has 1 rings (SSSR count). The summed E-state index contributed by atoms with van der Waals surface area (Å²) in [4.78, 5) is 0. The van der Waals surface area contributed by atoms with E-state index in [0.717, 1.165) is 28.6 Å². The van der Waals surface area contributed by atoms with Crippen molar-refractivity contribution in [2.75, 3.05) is 7.11 Å². The maximum Gasteiger partial charge on any atom is 0.124 e. The Bertz CT molecular complexity index is 371. The molecule has 0 aliphatic carbocycles. The zero-order valence-corrected chi connectivity index (χ0v) is 12.7. The minimum Gasteiger partial charge on any atom is -0.496 e. The molecule has 0 spiro atoms. The molecule has 0 heterocycles. The zero-order valence-electron chi connectivity index (χ0n) is 11.1. The van der Waals surface area contributed by atoms with E-state index in [1.54, 1.807) is 7.11 Å². The molecule has 0 amide bonds. The normalized spacial score (nSPS) is 13.5. The molecule has 3 heteroatoms. The molecule has 1 aromatic rings. The summed E-state index contributed by atoms with van der Waals surface area (Å²) in [6, 6.07) is 6.05. The van der Waals surface area contributed by atoms with Gasteiger partial charge in [-0.1, -0.05) is 42.8 Å². The first-order valence-electron chi connectivity index (χ1n) is 5.92. The average Bonchev–Trinajstić information content (AvgIpc) is 2.24. The average molecular weight is 300 g/mol. The van der Waals surface area contributed by atoms with Gasteiger partial charge in [-0.15, -0.1) is 0 Å². The summed E-state index contributed by atoms with van der Waals surface area (Å²) in [5, 5.41) is 0. The van der Waals surface area contributed by atoms with Crippen LogP contribution in [0.25, 0.3) is 0 Å². The lowest BCUT2D eigenvalue weighted by Gasteiger charge is -2.22. The van der Waals surface area contributed by atoms with Gasteiger partial charge in [-0.3, -0.25) is 0 Å². The summed E-state index contributed by atoms with van der Waals surface area (Å²) in [5.41, 5.74) is 7.64. The summed E-state index contributed by atoms with van der Waals surface area (Å²) in [7, 11) is 1.68. The van der Waals surface area contributed by atoms with Crippen molar-refractivity contribution in [3.8, 4) is 5.75 Å². The number of ether oxygens (including phenoxy) is 1. The van der Waals surface area contributed by atoms with Gasteiger partial charge < -0.3 is 10.5 Å². The van der Waals surface area contributed by atoms with Crippen LogP contribution in [-0.4, -0.2) is 7.11 Å². The van der Waals surface area contributed by atoms with Gasteiger partial charge in [0.1, 0.15) is 5.75 Å². The van der Waals surface area contributed by atoms with E-state index >= 15 is 0 Å². The van der Waals surface area contributed by atoms with E-state index in [4.69, 9.17) is 10.5 Å². The van der Waals surface area contributed by atoms with Crippen molar-refractivity contribution in [1.82, 2.24) is 0 Å². The van der Waals surface area contributed by atoms with E-state index in [-0.39, 0.29) is 6.04 Å². The third kappa shape index (κ3) is 4.68. The van der Waals surface area contributed by atoms with Crippen LogP contribution in [0.5, 0.6) is 5.75 Å². The molecule has 0 fully saturated rings. The van der Waals surface area contributed by atoms with Gasteiger partial charge in [0, 0.05) is 16.1 Å². The van der Waals surface area contributed by atoms with Crippen molar-refractivity contribution in [1.29, 1.82) is 0 Å². The molecule has 0 aliphatic heterocycles. The molecule has 0 aliphatic rings. The monoisotopic (exact) mass is 299 g/mol. The largest absolute Gasteiger partial charge is 0.496 e. The van der Waals surface area contributed by atoms with Crippen molar-refractivity contribution in [2.45, 2.75) is 39.7 Å². The Hall–Kier alpha value is -0.540. The van der Waals surface area contributed by atoms with Crippen LogP contribution in [0.4, 0.5) is 0 Å². The minimum atomic E-state index is 0.0391. The van der Waals surface area contributed by atoms with Crippen LogP contribution in [0.2, 0.25) is 0 Å². The first kappa shape index (κ1) is 14.5. The van der Waals surface area contributed by atoms with Gasteiger partial charge in [-0.05, 0) is 30.4 Å². The summed E-state index contributed by atoms with van der Waals surface area (Å²) in [6.07, 6.45) is 2.08. The maximum absolute atomic E-state index is 6.23. The van der Waals surface area contributed by atoms with Gasteiger partial charge in [0.05, 0.1) is 7.11 Å². The van der Waals surface area contributed by atoms with Gasteiger partial charge in [0.15, 0.2) is 0 Å². The Morgan fingerprint density at radius 3 is 2.53 bits per heavy atom. The quantitative estimate of drug-likeness (QED) is 0.900. The van der Waals surface area contributed by atoms with Gasteiger partial charge >= 0.3 is 0 Å². The first-order chi connectivity index (χ1) is 7.83. The van der Waals surface area contributed by atoms with Crippen molar-refractivity contribution < 1.29 is 4.74 Å². The molecule has 17 heavy (non-hydrogen) atoms. The lowest BCUT2D eigenvalue weighted by atomic mass is 9.87. The lowest BCUT2D eigenvalue weighted by molar-refractivity contribution is 0.344. The molecule has 2 N–H and O–H groups in total. The smallest absolute Gasteiger partial charge is 0.124 e. The topological polar surface area (TPSA) is 35.2 Å². The van der Waals surface area contributed by atoms with Crippen molar-refractivity contribution in [3.05, 3.63) is 28.2 Å². The van der Waals surface area contributed by atoms with Crippen LogP contribution in [0.1, 0.15) is 45.2 Å². The minimum absolute atomic E-state index is 0.0391. The molecular weight excluding hydrogens is 278 g/mol. The standard InChI is InChI=1S/C14H22BrNO/c1-14(2,3)8-7-12(16)11-6-5-10(15)9-13(11)17-4/h5-6,9,12H,7-8,16H2,1-4H3. The Kier molecular flexibility index (Phi) is 5.02. The fraction of sp³-hybridized carbons (Fsp3) is 0.571. The van der Waals surface area contributed by atoms with Gasteiger partial charge in [-0.25, -0.2) is 0 Å². The number of hydrogen-bond donors (Lipinski definition) is 1. The van der Waals surface area contributed by atoms with E-state index in [1.807, 2.05) is 18.2 Å². The number of hydrogen-bond acceptors (Lipinski definition) is 2. The second kappa shape index (κ2) is 5.87. The molecule has 0 radical (unpaired) electrons. The molecule has 1 unspecified atom stereocenters. The van der Waals surface area contributed by atoms with Crippen LogP contribution in [0.3, 0.4) is 0 Å². The summed E-state index contributed by atoms with van der Waals surface area (Å²) < 4.78 is 6.38. The Balaban J connectivity index is 2.78. The molecule has 1 atom stereocenters. The van der Waals surface area contributed by atoms with Crippen molar-refractivity contribution >= 4 is 15.9 Å². The Labute approximate surface area is 113 Å². The predicted octanol–water partition coefficient (Wildman–Crippen LogP) is 4.28. The Morgan fingerprint density at radius 2 is 2.00 bits per heavy atom. The molecule has 0 saturated carbocycles. The van der Waals surface area contributed by atoms with E-state index in [2.05, 4.69) is 36.7 Å². The second-order valence-electron chi connectivity index (χ2n) is 5.59. The summed E-state index contributed by atoms with van der Waals surface area (Å²) >= 11 is 3.44. The highest BCUT2D eigenvalue weighted by atomic mass is 79.9. The third-order valence-corrected chi connectivity index (χ3v) is 3.29. The zero-order chi connectivity index (χ0) is 13.1. The third-order valence-electron chi connectivity index (χ3n) is 2.80. The second-order valence-corrected chi connectivity index (χ2v) is 6.51. The highest BCUT2D eigenvalue weighted by molar-refractivity contribution is 9.10. The number of nitrogens with two attached hydrogens (primary N) is 1. The van der Waals surface area contributed by atoms with E-state index in [9.17, 15) is 0 Å². The lowest BCUT2D eigenvalue weighted by Crippen LogP contribution is -2.15. The van der Waals surface area contributed by atoms with E-state index < -0.39 is 0 Å². The summed E-state index contributed by atoms with van der Waals surface area (Å²) in [6.45, 7) is 6.70. The van der Waals surface area contributed by atoms with Crippen LogP contribution < -0.4 is 10.5 Å². The molecule has 0 bridgehead atoms. The predicted molar refractivity (Wildman–Crippen MR) is 76.3 cm³/mol. The van der Waals surface area contributed by atoms with Gasteiger partial charge in [0.25, 0.3) is 0 Å². The number of halogens is 1. The van der Waals surface area contributed by atoms with Gasteiger partial charge in [0.2, 0.25) is 0 Å². The number of benzene rings is 1. The van der Waals surface area contributed by atoms with E-state index in [0.29, 0.717) is 5.41 Å². The maximum atomic E-state index is 6.23. The SMILES string of the molecule is COc1cc(Br)ccc1C(N)CCC(C)(C)C. The molecule has 1 aromatic carbocycles. The molecule has 0 saturated heterocycles. The Morgan fingerprint density at radius 1 is 1.35 bits per heavy atom. The van der Waals surface area contributed by atoms with Crippen LogP contribution in [0.15, 0.2) is 22.7 Å². The molecular formula is C14H22BrNO. The number of rotatable bonds is 4. The van der Waals surface area contributed by atoms with Crippen LogP contribution in [-0.2, 0) is 0 Å². The fourth-order valence-electron chi connectivity index (χ4n) is 1.74.